The molecule has 17 heavy (non-hydrogen) atoms. The van der Waals surface area contributed by atoms with Crippen molar-refractivity contribution in [3.8, 4) is 0 Å². The van der Waals surface area contributed by atoms with E-state index in [1.165, 1.54) is 6.20 Å². The largest absolute Gasteiger partial charge is 0.322 e. The highest BCUT2D eigenvalue weighted by atomic mass is 35.5. The number of halogens is 1. The molecule has 86 valence electrons. The minimum absolute atomic E-state index is 0.230. The van der Waals surface area contributed by atoms with Crippen molar-refractivity contribution in [2.45, 2.75) is 6.92 Å². The monoisotopic (exact) mass is 246 g/mol. The Hall–Kier alpha value is -1.87. The molecule has 2 rings (SSSR count). The third-order valence-corrected chi connectivity index (χ3v) is 2.71. The lowest BCUT2D eigenvalue weighted by Gasteiger charge is -2.08. The molecule has 1 aromatic carbocycles. The molecular formula is C13H11ClN2O. The van der Waals surface area contributed by atoms with Crippen LogP contribution in [0.25, 0.3) is 0 Å². The van der Waals surface area contributed by atoms with E-state index in [4.69, 9.17) is 11.6 Å². The van der Waals surface area contributed by atoms with Crippen molar-refractivity contribution in [3.63, 3.8) is 0 Å². The van der Waals surface area contributed by atoms with Gasteiger partial charge in [0.25, 0.3) is 5.91 Å². The van der Waals surface area contributed by atoms with Crippen molar-refractivity contribution in [1.29, 1.82) is 0 Å². The van der Waals surface area contributed by atoms with Crippen LogP contribution >= 0.6 is 11.6 Å². The molecule has 1 amide bonds. The van der Waals surface area contributed by atoms with Crippen LogP contribution in [0.5, 0.6) is 0 Å². The van der Waals surface area contributed by atoms with E-state index in [-0.39, 0.29) is 5.91 Å². The molecule has 1 N–H and O–H groups in total. The molecule has 0 bridgehead atoms. The lowest BCUT2D eigenvalue weighted by Crippen LogP contribution is -2.13. The van der Waals surface area contributed by atoms with Gasteiger partial charge >= 0.3 is 0 Å². The second-order valence-corrected chi connectivity index (χ2v) is 4.03. The SMILES string of the molecule is Cc1ccccc1NC(=O)c1ccncc1Cl. The molecule has 0 fully saturated rings. The standard InChI is InChI=1S/C13H11ClN2O/c1-9-4-2-3-5-12(9)16-13(17)10-6-7-15-8-11(10)14/h2-8H,1H3,(H,16,17). The molecule has 0 aliphatic heterocycles. The molecule has 0 unspecified atom stereocenters. The number of para-hydroxylation sites is 1. The third kappa shape index (κ3) is 2.63. The topological polar surface area (TPSA) is 42.0 Å². The number of nitrogens with one attached hydrogen (secondary N) is 1. The van der Waals surface area contributed by atoms with Gasteiger partial charge in [-0.1, -0.05) is 29.8 Å². The predicted octanol–water partition coefficient (Wildman–Crippen LogP) is 3.30. The summed E-state index contributed by atoms with van der Waals surface area (Å²) in [6.07, 6.45) is 2.99. The van der Waals surface area contributed by atoms with Crippen molar-refractivity contribution >= 4 is 23.2 Å². The Bertz CT molecular complexity index is 555. The lowest BCUT2D eigenvalue weighted by molar-refractivity contribution is 0.102. The van der Waals surface area contributed by atoms with Gasteiger partial charge in [0, 0.05) is 18.1 Å². The summed E-state index contributed by atoms with van der Waals surface area (Å²) in [6, 6.07) is 9.17. The van der Waals surface area contributed by atoms with E-state index in [2.05, 4.69) is 10.3 Å². The van der Waals surface area contributed by atoms with Gasteiger partial charge in [0.1, 0.15) is 0 Å². The number of aryl methyl sites for hydroxylation is 1. The average Bonchev–Trinajstić information content (AvgIpc) is 2.32. The maximum atomic E-state index is 12.0. The molecule has 0 saturated heterocycles. The van der Waals surface area contributed by atoms with E-state index in [0.717, 1.165) is 11.3 Å². The van der Waals surface area contributed by atoms with Gasteiger partial charge in [0.15, 0.2) is 0 Å². The fourth-order valence-corrected chi connectivity index (χ4v) is 1.67. The Kier molecular flexibility index (Phi) is 3.40. The smallest absolute Gasteiger partial charge is 0.257 e. The van der Waals surface area contributed by atoms with Crippen LogP contribution < -0.4 is 5.32 Å². The molecule has 2 aromatic rings. The first-order chi connectivity index (χ1) is 8.18. The Balaban J connectivity index is 2.24. The van der Waals surface area contributed by atoms with Crippen LogP contribution in [0, 0.1) is 6.92 Å². The van der Waals surface area contributed by atoms with Crippen molar-refractivity contribution < 1.29 is 4.79 Å². The van der Waals surface area contributed by atoms with Crippen LogP contribution in [0.2, 0.25) is 5.02 Å². The quantitative estimate of drug-likeness (QED) is 0.884. The zero-order chi connectivity index (χ0) is 12.3. The first kappa shape index (κ1) is 11.6. The molecule has 0 aliphatic carbocycles. The molecule has 0 atom stereocenters. The van der Waals surface area contributed by atoms with Crippen LogP contribution in [-0.2, 0) is 0 Å². The summed E-state index contributed by atoms with van der Waals surface area (Å²) >= 11 is 5.90. The summed E-state index contributed by atoms with van der Waals surface area (Å²) in [5.41, 5.74) is 2.21. The highest BCUT2D eigenvalue weighted by molar-refractivity contribution is 6.34. The number of aromatic nitrogens is 1. The van der Waals surface area contributed by atoms with Crippen molar-refractivity contribution in [2.75, 3.05) is 5.32 Å². The molecule has 1 aromatic heterocycles. The lowest BCUT2D eigenvalue weighted by atomic mass is 10.2. The van der Waals surface area contributed by atoms with Crippen molar-refractivity contribution in [2.24, 2.45) is 0 Å². The van der Waals surface area contributed by atoms with Gasteiger partial charge in [-0.15, -0.1) is 0 Å². The van der Waals surface area contributed by atoms with Gasteiger partial charge in [-0.2, -0.15) is 0 Å². The number of amides is 1. The molecule has 4 heteroatoms. The van der Waals surface area contributed by atoms with E-state index >= 15 is 0 Å². The maximum Gasteiger partial charge on any atom is 0.257 e. The minimum atomic E-state index is -0.230. The number of benzene rings is 1. The number of hydrogen-bond acceptors (Lipinski definition) is 2. The summed E-state index contributed by atoms with van der Waals surface area (Å²) < 4.78 is 0. The zero-order valence-corrected chi connectivity index (χ0v) is 10.0. The fourth-order valence-electron chi connectivity index (χ4n) is 1.46. The summed E-state index contributed by atoms with van der Waals surface area (Å²) in [7, 11) is 0. The molecule has 1 heterocycles. The highest BCUT2D eigenvalue weighted by Gasteiger charge is 2.10. The number of pyridine rings is 1. The molecular weight excluding hydrogens is 236 g/mol. The molecule has 0 radical (unpaired) electrons. The summed E-state index contributed by atoms with van der Waals surface area (Å²) in [4.78, 5) is 15.8. The minimum Gasteiger partial charge on any atom is -0.322 e. The van der Waals surface area contributed by atoms with Crippen LogP contribution in [0.1, 0.15) is 15.9 Å². The van der Waals surface area contributed by atoms with Gasteiger partial charge in [-0.05, 0) is 24.6 Å². The number of hydrogen-bond donors (Lipinski definition) is 1. The van der Waals surface area contributed by atoms with E-state index in [1.807, 2.05) is 31.2 Å². The number of carbonyl (C=O) groups is 1. The van der Waals surface area contributed by atoms with E-state index in [9.17, 15) is 4.79 Å². The molecule has 0 spiro atoms. The van der Waals surface area contributed by atoms with Crippen molar-refractivity contribution in [3.05, 3.63) is 58.9 Å². The zero-order valence-electron chi connectivity index (χ0n) is 9.27. The number of anilines is 1. The first-order valence-corrected chi connectivity index (χ1v) is 5.53. The second-order valence-electron chi connectivity index (χ2n) is 3.62. The number of nitrogens with zero attached hydrogens (tertiary/aromatic N) is 1. The summed E-state index contributed by atoms with van der Waals surface area (Å²) in [5.74, 6) is -0.230. The number of carbonyl (C=O) groups excluding carboxylic acids is 1. The normalized spacial score (nSPS) is 10.0. The average molecular weight is 247 g/mol. The highest BCUT2D eigenvalue weighted by Crippen LogP contribution is 2.18. The Morgan fingerprint density at radius 2 is 2.06 bits per heavy atom. The molecule has 0 saturated carbocycles. The van der Waals surface area contributed by atoms with Gasteiger partial charge in [-0.3, -0.25) is 9.78 Å². The first-order valence-electron chi connectivity index (χ1n) is 5.15. The summed E-state index contributed by atoms with van der Waals surface area (Å²) in [5, 5.41) is 3.16. The van der Waals surface area contributed by atoms with Crippen LogP contribution in [0.15, 0.2) is 42.7 Å². The van der Waals surface area contributed by atoms with Crippen LogP contribution in [0.4, 0.5) is 5.69 Å². The van der Waals surface area contributed by atoms with Gasteiger partial charge in [0.05, 0.1) is 10.6 Å². The van der Waals surface area contributed by atoms with E-state index in [1.54, 1.807) is 12.3 Å². The van der Waals surface area contributed by atoms with Gasteiger partial charge in [0.2, 0.25) is 0 Å². The Morgan fingerprint density at radius 1 is 1.29 bits per heavy atom. The second kappa shape index (κ2) is 4.97. The predicted molar refractivity (Wildman–Crippen MR) is 68.4 cm³/mol. The van der Waals surface area contributed by atoms with E-state index in [0.29, 0.717) is 10.6 Å². The maximum absolute atomic E-state index is 12.0. The molecule has 0 aliphatic rings. The van der Waals surface area contributed by atoms with Gasteiger partial charge < -0.3 is 5.32 Å². The molecule has 3 nitrogen and oxygen atoms in total. The van der Waals surface area contributed by atoms with Crippen LogP contribution in [-0.4, -0.2) is 10.9 Å². The van der Waals surface area contributed by atoms with Crippen LogP contribution in [0.3, 0.4) is 0 Å². The van der Waals surface area contributed by atoms with Gasteiger partial charge in [-0.25, -0.2) is 0 Å². The fraction of sp³-hybridized carbons (Fsp3) is 0.0769. The summed E-state index contributed by atoms with van der Waals surface area (Å²) in [6.45, 7) is 1.93. The third-order valence-electron chi connectivity index (χ3n) is 2.41. The Labute approximate surface area is 104 Å². The number of rotatable bonds is 2. The van der Waals surface area contributed by atoms with E-state index < -0.39 is 0 Å². The van der Waals surface area contributed by atoms with Crippen molar-refractivity contribution in [1.82, 2.24) is 4.98 Å². The Morgan fingerprint density at radius 3 is 2.76 bits per heavy atom.